The number of thiophene rings is 1. The smallest absolute Gasteiger partial charge is 0.271 e. The van der Waals surface area contributed by atoms with Gasteiger partial charge in [0.1, 0.15) is 10.5 Å². The summed E-state index contributed by atoms with van der Waals surface area (Å²) in [5, 5.41) is 8.45. The fourth-order valence-corrected chi connectivity index (χ4v) is 3.94. The molecule has 0 saturated heterocycles. The van der Waals surface area contributed by atoms with Crippen molar-refractivity contribution in [2.75, 3.05) is 5.32 Å². The van der Waals surface area contributed by atoms with Crippen molar-refractivity contribution in [1.82, 2.24) is 14.7 Å². The Kier molecular flexibility index (Phi) is 4.72. The van der Waals surface area contributed by atoms with Gasteiger partial charge in [0, 0.05) is 13.1 Å². The fraction of sp³-hybridized carbons (Fsp3) is 0.333. The van der Waals surface area contributed by atoms with Crippen LogP contribution in [0.25, 0.3) is 10.2 Å². The molecule has 0 aromatic carbocycles. The van der Waals surface area contributed by atoms with Gasteiger partial charge in [-0.2, -0.15) is 0 Å². The van der Waals surface area contributed by atoms with Crippen LogP contribution < -0.4 is 10.9 Å². The van der Waals surface area contributed by atoms with Crippen molar-refractivity contribution in [3.8, 4) is 0 Å². The second kappa shape index (κ2) is 6.78. The number of fused-ring (bicyclic) bond motifs is 1. The number of rotatable bonds is 5. The summed E-state index contributed by atoms with van der Waals surface area (Å²) in [5.41, 5.74) is 0.563. The zero-order chi connectivity index (χ0) is 17.3. The summed E-state index contributed by atoms with van der Waals surface area (Å²) in [5.74, 6) is 0.806. The van der Waals surface area contributed by atoms with E-state index in [-0.39, 0.29) is 11.5 Å². The molecule has 0 fully saturated rings. The highest BCUT2D eigenvalue weighted by molar-refractivity contribution is 8.00. The second-order valence-electron chi connectivity index (χ2n) is 5.22. The number of carbonyl (C=O) groups excluding carboxylic acids is 1. The number of thioether (sulfide) groups is 1. The average Bonchev–Trinajstić information content (AvgIpc) is 3.18. The molecule has 1 amide bonds. The lowest BCUT2D eigenvalue weighted by atomic mass is 10.3. The van der Waals surface area contributed by atoms with E-state index in [1.807, 2.05) is 18.4 Å². The van der Waals surface area contributed by atoms with Gasteiger partial charge in [-0.1, -0.05) is 23.8 Å². The van der Waals surface area contributed by atoms with Crippen LogP contribution in [-0.4, -0.2) is 25.9 Å². The molecule has 24 heavy (non-hydrogen) atoms. The Bertz CT molecular complexity index is 944. The van der Waals surface area contributed by atoms with E-state index in [4.69, 9.17) is 4.52 Å². The van der Waals surface area contributed by atoms with Crippen LogP contribution in [0.5, 0.6) is 0 Å². The Morgan fingerprint density at radius 2 is 2.33 bits per heavy atom. The summed E-state index contributed by atoms with van der Waals surface area (Å²) in [7, 11) is 1.67. The van der Waals surface area contributed by atoms with Crippen molar-refractivity contribution in [3.05, 3.63) is 33.6 Å². The quantitative estimate of drug-likeness (QED) is 0.553. The molecule has 1 atom stereocenters. The molecule has 7 nitrogen and oxygen atoms in total. The third kappa shape index (κ3) is 3.22. The number of nitrogens with zero attached hydrogens (tertiary/aromatic N) is 3. The number of aryl methyl sites for hydroxylation is 1. The average molecular weight is 364 g/mol. The zero-order valence-corrected chi connectivity index (χ0v) is 15.0. The van der Waals surface area contributed by atoms with E-state index in [2.05, 4.69) is 15.5 Å². The zero-order valence-electron chi connectivity index (χ0n) is 13.4. The number of amides is 1. The van der Waals surface area contributed by atoms with Crippen LogP contribution in [0.3, 0.4) is 0 Å². The summed E-state index contributed by atoms with van der Waals surface area (Å²) < 4.78 is 7.05. The first-order valence-corrected chi connectivity index (χ1v) is 9.10. The van der Waals surface area contributed by atoms with Crippen LogP contribution in [0, 0.1) is 6.92 Å². The molecule has 9 heteroatoms. The van der Waals surface area contributed by atoms with Gasteiger partial charge in [0.15, 0.2) is 11.0 Å². The van der Waals surface area contributed by atoms with Crippen LogP contribution in [-0.2, 0) is 11.8 Å². The van der Waals surface area contributed by atoms with Crippen molar-refractivity contribution < 1.29 is 9.32 Å². The maximum Gasteiger partial charge on any atom is 0.271 e. The molecule has 0 saturated carbocycles. The maximum atomic E-state index is 12.4. The maximum absolute atomic E-state index is 12.4. The van der Waals surface area contributed by atoms with Gasteiger partial charge in [-0.3, -0.25) is 14.2 Å². The summed E-state index contributed by atoms with van der Waals surface area (Å²) in [6.45, 7) is 3.66. The predicted molar refractivity (Wildman–Crippen MR) is 94.7 cm³/mol. The Morgan fingerprint density at radius 1 is 1.54 bits per heavy atom. The van der Waals surface area contributed by atoms with E-state index in [1.165, 1.54) is 27.7 Å². The molecule has 0 aliphatic rings. The lowest BCUT2D eigenvalue weighted by Gasteiger charge is -2.14. The van der Waals surface area contributed by atoms with Gasteiger partial charge in [-0.15, -0.1) is 11.3 Å². The van der Waals surface area contributed by atoms with Gasteiger partial charge in [0.05, 0.1) is 10.8 Å². The Balaban J connectivity index is 1.83. The Hall–Kier alpha value is -2.13. The highest BCUT2D eigenvalue weighted by atomic mass is 32.2. The van der Waals surface area contributed by atoms with E-state index in [1.54, 1.807) is 20.0 Å². The normalized spacial score (nSPS) is 12.5. The summed E-state index contributed by atoms with van der Waals surface area (Å²) in [6.07, 6.45) is 0.588. The molecule has 0 unspecified atom stereocenters. The topological polar surface area (TPSA) is 90.0 Å². The lowest BCUT2D eigenvalue weighted by Crippen LogP contribution is -2.27. The summed E-state index contributed by atoms with van der Waals surface area (Å²) in [6, 6.07) is 3.46. The molecule has 3 aromatic rings. The Labute approximate surface area is 146 Å². The van der Waals surface area contributed by atoms with Crippen molar-refractivity contribution in [3.63, 3.8) is 0 Å². The molecule has 0 bridgehead atoms. The molecular formula is C15H16N4O3S2. The second-order valence-corrected chi connectivity index (χ2v) is 7.31. The van der Waals surface area contributed by atoms with Crippen molar-refractivity contribution in [2.24, 2.45) is 7.05 Å². The fourth-order valence-electron chi connectivity index (χ4n) is 2.15. The molecule has 0 spiro atoms. The third-order valence-electron chi connectivity index (χ3n) is 3.44. The van der Waals surface area contributed by atoms with Crippen LogP contribution in [0.15, 0.2) is 32.0 Å². The standard InChI is InChI=1S/C15H16N4O3S2/c1-4-10(13(20)17-11-7-8(2)22-18-11)24-15-16-9-5-6-23-12(9)14(21)19(15)3/h5-7,10H,4H2,1-3H3,(H,17,18,20)/t10-/m1/s1. The highest BCUT2D eigenvalue weighted by Crippen LogP contribution is 2.26. The number of carbonyl (C=O) groups is 1. The first-order chi connectivity index (χ1) is 11.5. The molecule has 0 radical (unpaired) electrons. The van der Waals surface area contributed by atoms with Crippen molar-refractivity contribution in [2.45, 2.75) is 30.7 Å². The highest BCUT2D eigenvalue weighted by Gasteiger charge is 2.22. The van der Waals surface area contributed by atoms with Gasteiger partial charge in [0.25, 0.3) is 5.56 Å². The first kappa shape index (κ1) is 16.7. The van der Waals surface area contributed by atoms with Crippen LogP contribution in [0.2, 0.25) is 0 Å². The molecule has 1 N–H and O–H groups in total. The number of aromatic nitrogens is 3. The van der Waals surface area contributed by atoms with Gasteiger partial charge in [0.2, 0.25) is 5.91 Å². The Morgan fingerprint density at radius 3 is 3.00 bits per heavy atom. The largest absolute Gasteiger partial charge is 0.360 e. The van der Waals surface area contributed by atoms with Gasteiger partial charge in [-0.25, -0.2) is 4.98 Å². The molecular weight excluding hydrogens is 348 g/mol. The summed E-state index contributed by atoms with van der Waals surface area (Å²) >= 11 is 2.64. The van der Waals surface area contributed by atoms with E-state index < -0.39 is 5.25 Å². The molecule has 3 aromatic heterocycles. The minimum absolute atomic E-state index is 0.0973. The molecule has 0 aliphatic carbocycles. The molecule has 3 rings (SSSR count). The minimum atomic E-state index is -0.392. The molecule has 0 aliphatic heterocycles. The van der Waals surface area contributed by atoms with Gasteiger partial charge >= 0.3 is 0 Å². The number of hydrogen-bond donors (Lipinski definition) is 1. The SMILES string of the molecule is CC[C@@H](Sc1nc2ccsc2c(=O)n1C)C(=O)Nc1cc(C)on1. The van der Waals surface area contributed by atoms with Crippen LogP contribution in [0.4, 0.5) is 5.82 Å². The van der Waals surface area contributed by atoms with Gasteiger partial charge in [-0.05, 0) is 24.8 Å². The monoisotopic (exact) mass is 364 g/mol. The predicted octanol–water partition coefficient (Wildman–Crippen LogP) is 2.80. The van der Waals surface area contributed by atoms with E-state index >= 15 is 0 Å². The first-order valence-electron chi connectivity index (χ1n) is 7.34. The lowest BCUT2D eigenvalue weighted by molar-refractivity contribution is -0.115. The summed E-state index contributed by atoms with van der Waals surface area (Å²) in [4.78, 5) is 29.3. The van der Waals surface area contributed by atoms with Gasteiger partial charge < -0.3 is 9.84 Å². The van der Waals surface area contributed by atoms with Crippen LogP contribution >= 0.6 is 23.1 Å². The van der Waals surface area contributed by atoms with Crippen molar-refractivity contribution >= 4 is 45.0 Å². The van der Waals surface area contributed by atoms with E-state index in [0.29, 0.717) is 33.4 Å². The number of anilines is 1. The van der Waals surface area contributed by atoms with Crippen LogP contribution in [0.1, 0.15) is 19.1 Å². The number of nitrogens with one attached hydrogen (secondary N) is 1. The number of hydrogen-bond acceptors (Lipinski definition) is 7. The van der Waals surface area contributed by atoms with E-state index in [0.717, 1.165) is 0 Å². The molecule has 126 valence electrons. The third-order valence-corrected chi connectivity index (χ3v) is 5.74. The molecule has 3 heterocycles. The van der Waals surface area contributed by atoms with E-state index in [9.17, 15) is 9.59 Å². The minimum Gasteiger partial charge on any atom is -0.360 e. The van der Waals surface area contributed by atoms with Crippen molar-refractivity contribution in [1.29, 1.82) is 0 Å².